The fraction of sp³-hybridized carbons (Fsp3) is 0.300. The van der Waals surface area contributed by atoms with Crippen LogP contribution in [0.15, 0.2) is 54.9 Å². The van der Waals surface area contributed by atoms with Crippen molar-refractivity contribution in [3.63, 3.8) is 0 Å². The van der Waals surface area contributed by atoms with Crippen LogP contribution in [0.2, 0.25) is 0 Å². The van der Waals surface area contributed by atoms with Crippen LogP contribution < -0.4 is 9.47 Å². The second kappa shape index (κ2) is 6.69. The van der Waals surface area contributed by atoms with Gasteiger partial charge in [-0.25, -0.2) is 4.98 Å². The van der Waals surface area contributed by atoms with Gasteiger partial charge in [0.1, 0.15) is 23.8 Å². The van der Waals surface area contributed by atoms with Gasteiger partial charge in [0.2, 0.25) is 12.4 Å². The van der Waals surface area contributed by atoms with Gasteiger partial charge in [0.05, 0.1) is 17.3 Å². The fourth-order valence-corrected chi connectivity index (χ4v) is 3.19. The second-order valence-electron chi connectivity index (χ2n) is 6.46. The van der Waals surface area contributed by atoms with Crippen LogP contribution in [0, 0.1) is 0 Å². The average molecular weight is 337 g/mol. The molecule has 1 fully saturated rings. The van der Waals surface area contributed by atoms with E-state index >= 15 is 0 Å². The second-order valence-corrected chi connectivity index (χ2v) is 6.46. The van der Waals surface area contributed by atoms with E-state index in [1.165, 1.54) is 0 Å². The minimum absolute atomic E-state index is 0.0000635. The van der Waals surface area contributed by atoms with Crippen molar-refractivity contribution in [1.82, 2.24) is 4.98 Å². The average Bonchev–Trinajstić information content (AvgIpc) is 3.07. The van der Waals surface area contributed by atoms with Gasteiger partial charge in [-0.1, -0.05) is 30.3 Å². The van der Waals surface area contributed by atoms with Gasteiger partial charge in [-0.3, -0.25) is 5.21 Å². The summed E-state index contributed by atoms with van der Waals surface area (Å²) in [6, 6.07) is 13.7. The molecule has 1 N–H and O–H groups in total. The molecule has 25 heavy (non-hydrogen) atoms. The molecule has 1 saturated heterocycles. The van der Waals surface area contributed by atoms with Gasteiger partial charge in [-0.15, -0.1) is 0 Å². The molecule has 0 aliphatic carbocycles. The van der Waals surface area contributed by atoms with Crippen molar-refractivity contribution in [3.8, 4) is 5.75 Å². The number of hydrogen-bond donors (Lipinski definition) is 1. The predicted molar refractivity (Wildman–Crippen MR) is 92.4 cm³/mol. The van der Waals surface area contributed by atoms with Crippen LogP contribution >= 0.6 is 0 Å². The molecule has 2 aromatic heterocycles. The number of pyridine rings is 2. The van der Waals surface area contributed by atoms with Crippen molar-refractivity contribution in [1.29, 1.82) is 0 Å². The van der Waals surface area contributed by atoms with Crippen LogP contribution in [0.25, 0.3) is 10.9 Å². The largest absolute Gasteiger partial charge is 0.488 e. The standard InChI is InChI=1S/C20H21N2O3/c1-14-7-8-19(25-14)18-11-20(24-13-15-5-3-2-4-6-15)16-12-22(23)10-9-17(16)21-18/h2-6,9-12,14,19,23H,7-8,13H2,1H3/q+1. The van der Waals surface area contributed by atoms with Crippen LogP contribution in [0.3, 0.4) is 0 Å². The lowest BCUT2D eigenvalue weighted by molar-refractivity contribution is -0.904. The van der Waals surface area contributed by atoms with E-state index in [1.807, 2.05) is 36.4 Å². The Morgan fingerprint density at radius 3 is 2.84 bits per heavy atom. The number of nitrogens with zero attached hydrogens (tertiary/aromatic N) is 2. The SMILES string of the molecule is CC1CCC(c2cc(OCc3ccccc3)c3c[n+](O)ccc3n2)O1. The molecule has 2 atom stereocenters. The van der Waals surface area contributed by atoms with Crippen molar-refractivity contribution < 1.29 is 19.4 Å². The predicted octanol–water partition coefficient (Wildman–Crippen LogP) is 3.58. The fourth-order valence-electron chi connectivity index (χ4n) is 3.19. The van der Waals surface area contributed by atoms with E-state index < -0.39 is 0 Å². The first-order chi connectivity index (χ1) is 12.2. The van der Waals surface area contributed by atoms with Crippen molar-refractivity contribution in [2.24, 2.45) is 0 Å². The van der Waals surface area contributed by atoms with Gasteiger partial charge in [0.25, 0.3) is 0 Å². The lowest BCUT2D eigenvalue weighted by Gasteiger charge is -2.14. The highest BCUT2D eigenvalue weighted by Gasteiger charge is 2.26. The molecular weight excluding hydrogens is 316 g/mol. The molecule has 0 radical (unpaired) electrons. The molecule has 5 nitrogen and oxygen atoms in total. The van der Waals surface area contributed by atoms with Gasteiger partial charge in [0.15, 0.2) is 0 Å². The molecule has 1 aliphatic rings. The summed E-state index contributed by atoms with van der Waals surface area (Å²) >= 11 is 0. The molecule has 3 heterocycles. The van der Waals surface area contributed by atoms with Crippen molar-refractivity contribution in [2.75, 3.05) is 0 Å². The van der Waals surface area contributed by atoms with Gasteiger partial charge >= 0.3 is 0 Å². The zero-order valence-electron chi connectivity index (χ0n) is 14.1. The summed E-state index contributed by atoms with van der Waals surface area (Å²) in [4.78, 5) is 4.72. The normalized spacial score (nSPS) is 20.0. The molecule has 0 bridgehead atoms. The smallest absolute Gasteiger partial charge is 0.235 e. The summed E-state index contributed by atoms with van der Waals surface area (Å²) in [5.41, 5.74) is 2.76. The zero-order valence-corrected chi connectivity index (χ0v) is 14.1. The molecule has 3 aromatic rings. The Kier molecular flexibility index (Phi) is 4.24. The number of rotatable bonds is 4. The highest BCUT2D eigenvalue weighted by Crippen LogP contribution is 2.35. The minimum Gasteiger partial charge on any atom is -0.488 e. The molecular formula is C20H21N2O3+. The molecule has 0 amide bonds. The molecule has 0 spiro atoms. The van der Waals surface area contributed by atoms with E-state index in [9.17, 15) is 5.21 Å². The first kappa shape index (κ1) is 15.8. The Hall–Kier alpha value is -2.66. The van der Waals surface area contributed by atoms with Gasteiger partial charge in [0, 0.05) is 16.9 Å². The van der Waals surface area contributed by atoms with Crippen LogP contribution in [-0.4, -0.2) is 16.3 Å². The van der Waals surface area contributed by atoms with Crippen molar-refractivity contribution in [3.05, 3.63) is 66.1 Å². The van der Waals surface area contributed by atoms with E-state index in [1.54, 1.807) is 18.5 Å². The van der Waals surface area contributed by atoms with E-state index in [0.717, 1.165) is 39.7 Å². The summed E-state index contributed by atoms with van der Waals surface area (Å²) in [7, 11) is 0. The number of fused-ring (bicyclic) bond motifs is 1. The molecule has 2 unspecified atom stereocenters. The maximum Gasteiger partial charge on any atom is 0.235 e. The lowest BCUT2D eigenvalue weighted by Crippen LogP contribution is -2.28. The molecule has 1 aromatic carbocycles. The Morgan fingerprint density at radius 1 is 1.24 bits per heavy atom. The van der Waals surface area contributed by atoms with Gasteiger partial charge in [-0.05, 0) is 25.3 Å². The Balaban J connectivity index is 1.70. The van der Waals surface area contributed by atoms with Crippen LogP contribution in [0.1, 0.15) is 37.1 Å². The van der Waals surface area contributed by atoms with Gasteiger partial charge < -0.3 is 9.47 Å². The lowest BCUT2D eigenvalue weighted by atomic mass is 10.1. The third kappa shape index (κ3) is 3.42. The molecule has 128 valence electrons. The van der Waals surface area contributed by atoms with Crippen LogP contribution in [0.4, 0.5) is 0 Å². The molecule has 4 rings (SSSR count). The number of benzene rings is 1. The Labute approximate surface area is 146 Å². The number of aromatic nitrogens is 2. The van der Waals surface area contributed by atoms with E-state index in [2.05, 4.69) is 6.92 Å². The number of hydrogen-bond acceptors (Lipinski definition) is 4. The number of ether oxygens (including phenoxy) is 2. The summed E-state index contributed by atoms with van der Waals surface area (Å²) in [6.07, 6.45) is 5.44. The van der Waals surface area contributed by atoms with Crippen LogP contribution in [-0.2, 0) is 11.3 Å². The monoisotopic (exact) mass is 337 g/mol. The molecule has 5 heteroatoms. The summed E-state index contributed by atoms with van der Waals surface area (Å²) < 4.78 is 13.1. The zero-order chi connectivity index (χ0) is 17.2. The minimum atomic E-state index is -0.0000635. The first-order valence-electron chi connectivity index (χ1n) is 8.56. The van der Waals surface area contributed by atoms with Crippen molar-refractivity contribution >= 4 is 10.9 Å². The maximum absolute atomic E-state index is 9.76. The van der Waals surface area contributed by atoms with Crippen molar-refractivity contribution in [2.45, 2.75) is 38.6 Å². The molecule has 1 aliphatic heterocycles. The Bertz CT molecular complexity index is 883. The Morgan fingerprint density at radius 2 is 2.08 bits per heavy atom. The topological polar surface area (TPSA) is 55.5 Å². The highest BCUT2D eigenvalue weighted by atomic mass is 16.5. The third-order valence-electron chi connectivity index (χ3n) is 4.52. The van der Waals surface area contributed by atoms with Crippen LogP contribution in [0.5, 0.6) is 5.75 Å². The van der Waals surface area contributed by atoms with Gasteiger partial charge in [-0.2, -0.15) is 0 Å². The highest BCUT2D eigenvalue weighted by molar-refractivity contribution is 5.83. The summed E-state index contributed by atoms with van der Waals surface area (Å²) in [6.45, 7) is 2.55. The maximum atomic E-state index is 9.76. The third-order valence-corrected chi connectivity index (χ3v) is 4.52. The summed E-state index contributed by atoms with van der Waals surface area (Å²) in [5.74, 6) is 0.704. The quantitative estimate of drug-likeness (QED) is 0.584. The van der Waals surface area contributed by atoms with E-state index in [4.69, 9.17) is 14.5 Å². The van der Waals surface area contributed by atoms with E-state index in [0.29, 0.717) is 12.4 Å². The molecule has 0 saturated carbocycles. The van der Waals surface area contributed by atoms with E-state index in [-0.39, 0.29) is 12.2 Å². The summed E-state index contributed by atoms with van der Waals surface area (Å²) in [5, 5.41) is 10.5. The first-order valence-corrected chi connectivity index (χ1v) is 8.56.